The van der Waals surface area contributed by atoms with Gasteiger partial charge in [-0.3, -0.25) is 4.79 Å². The van der Waals surface area contributed by atoms with Crippen molar-refractivity contribution in [2.24, 2.45) is 35.0 Å². The fourth-order valence-corrected chi connectivity index (χ4v) is 7.75. The van der Waals surface area contributed by atoms with Crippen LogP contribution in [0.5, 0.6) is 0 Å². The van der Waals surface area contributed by atoms with Gasteiger partial charge in [-0.2, -0.15) is 0 Å². The van der Waals surface area contributed by atoms with Gasteiger partial charge in [-0.05, 0) is 80.5 Å². The van der Waals surface area contributed by atoms with Gasteiger partial charge in [0.05, 0.1) is 11.5 Å². The molecule has 3 nitrogen and oxygen atoms in total. The van der Waals surface area contributed by atoms with Gasteiger partial charge in [0.1, 0.15) is 5.60 Å². The molecular weight excluding hydrogens is 276 g/mol. The van der Waals surface area contributed by atoms with E-state index in [4.69, 9.17) is 4.74 Å². The number of ether oxygens (including phenoxy) is 1. The molecule has 0 aromatic carbocycles. The van der Waals surface area contributed by atoms with E-state index in [0.717, 1.165) is 44.9 Å². The lowest BCUT2D eigenvalue weighted by molar-refractivity contribution is -0.237. The van der Waals surface area contributed by atoms with Gasteiger partial charge in [-0.1, -0.05) is 13.8 Å². The lowest BCUT2D eigenvalue weighted by atomic mass is 9.40. The van der Waals surface area contributed by atoms with Crippen molar-refractivity contribution in [3.8, 4) is 0 Å². The highest BCUT2D eigenvalue weighted by Gasteiger charge is 2.76. The van der Waals surface area contributed by atoms with E-state index in [1.165, 1.54) is 6.42 Å². The minimum absolute atomic E-state index is 0.0152. The largest absolute Gasteiger partial charge is 0.459 e. The molecule has 6 fully saturated rings. The fourth-order valence-electron chi connectivity index (χ4n) is 7.75. The number of hydrogen-bond acceptors (Lipinski definition) is 3. The molecule has 0 aromatic rings. The minimum Gasteiger partial charge on any atom is -0.459 e. The molecule has 0 aromatic heterocycles. The number of aliphatic hydroxyl groups is 1. The molecule has 22 heavy (non-hydrogen) atoms. The average molecular weight is 304 g/mol. The van der Waals surface area contributed by atoms with Crippen molar-refractivity contribution in [2.45, 2.75) is 76.4 Å². The highest BCUT2D eigenvalue weighted by atomic mass is 16.6. The van der Waals surface area contributed by atoms with Crippen LogP contribution in [0.1, 0.15) is 65.2 Å². The second-order valence-corrected chi connectivity index (χ2v) is 9.51. The molecule has 122 valence electrons. The predicted molar refractivity (Wildman–Crippen MR) is 81.9 cm³/mol. The lowest BCUT2D eigenvalue weighted by Gasteiger charge is -2.66. The van der Waals surface area contributed by atoms with Crippen molar-refractivity contribution in [1.82, 2.24) is 0 Å². The molecule has 6 saturated carbocycles. The van der Waals surface area contributed by atoms with Crippen molar-refractivity contribution in [2.75, 3.05) is 0 Å². The molecule has 6 rings (SSSR count). The Hall–Kier alpha value is -0.570. The smallest absolute Gasteiger partial charge is 0.309 e. The van der Waals surface area contributed by atoms with E-state index in [9.17, 15) is 9.90 Å². The van der Waals surface area contributed by atoms with Crippen molar-refractivity contribution in [3.63, 3.8) is 0 Å². The maximum atomic E-state index is 12.4. The molecule has 0 radical (unpaired) electrons. The Labute approximate surface area is 132 Å². The molecule has 0 saturated heterocycles. The summed E-state index contributed by atoms with van der Waals surface area (Å²) in [6.07, 6.45) is 8.42. The normalized spacial score (nSPS) is 58.1. The summed E-state index contributed by atoms with van der Waals surface area (Å²) >= 11 is 0. The molecule has 1 spiro atoms. The van der Waals surface area contributed by atoms with E-state index in [1.807, 2.05) is 6.92 Å². The van der Waals surface area contributed by atoms with Gasteiger partial charge in [-0.15, -0.1) is 0 Å². The summed E-state index contributed by atoms with van der Waals surface area (Å²) in [7, 11) is 0. The summed E-state index contributed by atoms with van der Waals surface area (Å²) in [5.74, 6) is 2.85. The second kappa shape index (κ2) is 3.91. The standard InChI is InChI=1S/C19H28O3/c1-3-11(2)16(20)22-18-5-12-4-13(6-18)15-8-17(21)7-14(12)19(15,9-17)10-18/h11-15,21H,3-10H2,1-2H3. The quantitative estimate of drug-likeness (QED) is 0.814. The molecule has 0 amide bonds. The fraction of sp³-hybridized carbons (Fsp3) is 0.947. The van der Waals surface area contributed by atoms with Crippen LogP contribution in [0.3, 0.4) is 0 Å². The van der Waals surface area contributed by atoms with E-state index < -0.39 is 0 Å². The van der Waals surface area contributed by atoms with Gasteiger partial charge in [0.2, 0.25) is 0 Å². The molecule has 5 unspecified atom stereocenters. The number of carbonyl (C=O) groups excluding carboxylic acids is 1. The number of esters is 1. The van der Waals surface area contributed by atoms with Gasteiger partial charge < -0.3 is 9.84 Å². The molecule has 0 aliphatic heterocycles. The van der Waals surface area contributed by atoms with Crippen molar-refractivity contribution in [3.05, 3.63) is 0 Å². The summed E-state index contributed by atoms with van der Waals surface area (Å²) in [4.78, 5) is 12.4. The maximum absolute atomic E-state index is 12.4. The minimum atomic E-state index is -0.382. The highest BCUT2D eigenvalue weighted by Crippen LogP contribution is 2.79. The Morgan fingerprint density at radius 2 is 1.82 bits per heavy atom. The van der Waals surface area contributed by atoms with E-state index in [1.54, 1.807) is 0 Å². The number of hydrogen-bond donors (Lipinski definition) is 1. The average Bonchev–Trinajstić information content (AvgIpc) is 2.91. The van der Waals surface area contributed by atoms with Gasteiger partial charge in [-0.25, -0.2) is 0 Å². The van der Waals surface area contributed by atoms with Crippen molar-refractivity contribution in [1.29, 1.82) is 0 Å². The monoisotopic (exact) mass is 304 g/mol. The third kappa shape index (κ3) is 1.50. The zero-order valence-corrected chi connectivity index (χ0v) is 13.8. The first-order valence-electron chi connectivity index (χ1n) is 9.34. The first kappa shape index (κ1) is 13.8. The van der Waals surface area contributed by atoms with E-state index in [2.05, 4.69) is 6.92 Å². The van der Waals surface area contributed by atoms with E-state index in [-0.39, 0.29) is 23.1 Å². The Balaban J connectivity index is 1.49. The number of carbonyl (C=O) groups is 1. The van der Waals surface area contributed by atoms with E-state index >= 15 is 0 Å². The van der Waals surface area contributed by atoms with Gasteiger partial charge in [0, 0.05) is 0 Å². The van der Waals surface area contributed by atoms with Gasteiger partial charge in [0.25, 0.3) is 0 Å². The third-order valence-corrected chi connectivity index (χ3v) is 8.33. The third-order valence-electron chi connectivity index (χ3n) is 8.33. The van der Waals surface area contributed by atoms with Crippen LogP contribution in [0.4, 0.5) is 0 Å². The van der Waals surface area contributed by atoms with Crippen LogP contribution in [0.2, 0.25) is 0 Å². The predicted octanol–water partition coefficient (Wildman–Crippen LogP) is 3.30. The van der Waals surface area contributed by atoms with Crippen LogP contribution in [-0.2, 0) is 9.53 Å². The summed E-state index contributed by atoms with van der Waals surface area (Å²) in [5.41, 5.74) is -0.251. The van der Waals surface area contributed by atoms with Crippen molar-refractivity contribution >= 4 is 5.97 Å². The van der Waals surface area contributed by atoms with Gasteiger partial charge in [0.15, 0.2) is 0 Å². The van der Waals surface area contributed by atoms with Crippen LogP contribution in [0.25, 0.3) is 0 Å². The Kier molecular flexibility index (Phi) is 2.46. The van der Waals surface area contributed by atoms with Crippen LogP contribution >= 0.6 is 0 Å². The SMILES string of the molecule is CCC(C)C(=O)OC12CC3CC(C1)C1CC4(O)CC3C1(C4)C2. The first-order valence-corrected chi connectivity index (χ1v) is 9.34. The Morgan fingerprint density at radius 3 is 2.41 bits per heavy atom. The zero-order valence-electron chi connectivity index (χ0n) is 13.8. The van der Waals surface area contributed by atoms with Crippen LogP contribution < -0.4 is 0 Å². The lowest BCUT2D eigenvalue weighted by Crippen LogP contribution is -2.64. The van der Waals surface area contributed by atoms with Crippen LogP contribution in [0.15, 0.2) is 0 Å². The highest BCUT2D eigenvalue weighted by molar-refractivity contribution is 5.72. The second-order valence-electron chi connectivity index (χ2n) is 9.51. The molecule has 5 atom stereocenters. The Bertz CT molecular complexity index is 517. The van der Waals surface area contributed by atoms with Crippen molar-refractivity contribution < 1.29 is 14.6 Å². The summed E-state index contributed by atoms with van der Waals surface area (Å²) in [5, 5.41) is 10.9. The molecule has 1 N–H and O–H groups in total. The Morgan fingerprint density at radius 1 is 1.18 bits per heavy atom. The van der Waals surface area contributed by atoms with Gasteiger partial charge >= 0.3 is 5.97 Å². The summed E-state index contributed by atoms with van der Waals surface area (Å²) in [6.45, 7) is 4.04. The summed E-state index contributed by atoms with van der Waals surface area (Å²) < 4.78 is 6.19. The molecule has 5 bridgehead atoms. The molecule has 6 aliphatic rings. The first-order chi connectivity index (χ1) is 10.4. The molecular formula is C19H28O3. The van der Waals surface area contributed by atoms with Crippen LogP contribution in [-0.4, -0.2) is 22.3 Å². The molecule has 6 aliphatic carbocycles. The maximum Gasteiger partial charge on any atom is 0.309 e. The summed E-state index contributed by atoms with van der Waals surface area (Å²) in [6, 6.07) is 0. The molecule has 3 heteroatoms. The van der Waals surface area contributed by atoms with Crippen LogP contribution in [0, 0.1) is 35.0 Å². The number of rotatable bonds is 3. The molecule has 0 heterocycles. The topological polar surface area (TPSA) is 46.5 Å². The van der Waals surface area contributed by atoms with E-state index in [0.29, 0.717) is 29.1 Å². The zero-order chi connectivity index (χ0) is 15.3. The number of fused-ring (bicyclic) bond motifs is 1.